The molecule has 0 aromatic heterocycles. The molecule has 0 radical (unpaired) electrons. The normalized spacial score (nSPS) is 12.1. The Balaban J connectivity index is 3.34. The van der Waals surface area contributed by atoms with Crippen LogP contribution in [-0.4, -0.2) is 30.7 Å². The second-order valence-corrected chi connectivity index (χ2v) is 8.53. The van der Waals surface area contributed by atoms with E-state index in [1.807, 2.05) is 0 Å². The summed E-state index contributed by atoms with van der Waals surface area (Å²) >= 11 is 0. The van der Waals surface area contributed by atoms with Crippen LogP contribution in [0.5, 0.6) is 0 Å². The van der Waals surface area contributed by atoms with E-state index in [1.165, 1.54) is 122 Å². The molecule has 0 saturated carbocycles. The molecule has 0 spiro atoms. The van der Waals surface area contributed by atoms with Gasteiger partial charge >= 0.3 is 0 Å². The van der Waals surface area contributed by atoms with Gasteiger partial charge in [0.15, 0.2) is 0 Å². The van der Waals surface area contributed by atoms with E-state index >= 15 is 0 Å². The number of nitrogens with two attached hydrogens (primary N) is 2. The molecule has 0 fully saturated rings. The van der Waals surface area contributed by atoms with Crippen molar-refractivity contribution in [1.82, 2.24) is 4.90 Å². The van der Waals surface area contributed by atoms with Gasteiger partial charge in [0.1, 0.15) is 0 Å². The maximum atomic E-state index is 5.56. The molecule has 0 amide bonds. The van der Waals surface area contributed by atoms with Gasteiger partial charge in [0.05, 0.1) is 6.17 Å². The molecule has 0 aliphatic rings. The molecule has 0 rings (SSSR count). The Morgan fingerprint density at radius 1 is 0.607 bits per heavy atom. The molecule has 0 aromatic rings. The first-order chi connectivity index (χ1) is 13.7. The second-order valence-electron chi connectivity index (χ2n) is 8.53. The first-order valence-corrected chi connectivity index (χ1v) is 12.6. The lowest BCUT2D eigenvalue weighted by atomic mass is 10.1. The Morgan fingerprint density at radius 2 is 1.07 bits per heavy atom. The Morgan fingerprint density at radius 3 is 1.61 bits per heavy atom. The van der Waals surface area contributed by atoms with Gasteiger partial charge < -0.3 is 16.4 Å². The van der Waals surface area contributed by atoms with Crippen LogP contribution in [0, 0.1) is 0 Å². The maximum absolute atomic E-state index is 5.56. The average Bonchev–Trinajstić information content (AvgIpc) is 2.68. The lowest BCUT2D eigenvalue weighted by Crippen LogP contribution is -2.29. The molecule has 0 bridgehead atoms. The van der Waals surface area contributed by atoms with Crippen LogP contribution in [0.3, 0.4) is 0 Å². The summed E-state index contributed by atoms with van der Waals surface area (Å²) in [7, 11) is 0. The molecule has 3 nitrogen and oxygen atoms in total. The topological polar surface area (TPSA) is 55.3 Å². The molecule has 0 aromatic carbocycles. The Hall–Kier alpha value is -0.380. The van der Waals surface area contributed by atoms with Gasteiger partial charge in [0.2, 0.25) is 0 Å². The predicted molar refractivity (Wildman–Crippen MR) is 128 cm³/mol. The summed E-state index contributed by atoms with van der Waals surface area (Å²) in [6.07, 6.45) is 27.1. The van der Waals surface area contributed by atoms with Crippen LogP contribution in [0.4, 0.5) is 0 Å². The number of hydrogen-bond donors (Lipinski definition) is 2. The summed E-state index contributed by atoms with van der Waals surface area (Å²) < 4.78 is 0. The molecule has 0 aliphatic carbocycles. The lowest BCUT2D eigenvalue weighted by molar-refractivity contribution is 0.274. The first-order valence-electron chi connectivity index (χ1n) is 12.6. The van der Waals surface area contributed by atoms with E-state index in [-0.39, 0.29) is 6.17 Å². The van der Waals surface area contributed by atoms with Crippen LogP contribution in [0.1, 0.15) is 123 Å². The maximum Gasteiger partial charge on any atom is 0.0520 e. The minimum atomic E-state index is -0.117. The summed E-state index contributed by atoms with van der Waals surface area (Å²) in [4.78, 5) is 2.65. The summed E-state index contributed by atoms with van der Waals surface area (Å²) in [5, 5.41) is 0. The van der Waals surface area contributed by atoms with Crippen LogP contribution in [0.15, 0.2) is 12.2 Å². The van der Waals surface area contributed by atoms with Crippen LogP contribution >= 0.6 is 0 Å². The zero-order chi connectivity index (χ0) is 20.7. The molecule has 3 heteroatoms. The molecule has 0 saturated heterocycles. The van der Waals surface area contributed by atoms with E-state index in [1.54, 1.807) is 0 Å². The molecule has 0 unspecified atom stereocenters. The highest BCUT2D eigenvalue weighted by Crippen LogP contribution is 2.10. The number of allylic oxidation sites excluding steroid dienone is 2. The van der Waals surface area contributed by atoms with Crippen molar-refractivity contribution in [3.8, 4) is 0 Å². The monoisotopic (exact) mass is 395 g/mol. The van der Waals surface area contributed by atoms with Gasteiger partial charge in [-0.1, -0.05) is 90.2 Å². The van der Waals surface area contributed by atoms with Gasteiger partial charge in [-0.15, -0.1) is 0 Å². The SMILES string of the molecule is CCCCCCCCN(CC)CCCCC/C=C\CCCCCCCC(N)N. The standard InChI is InChI=1S/C25H53N3/c1-3-5-6-7-17-20-23-28(4-2)24-21-18-15-13-11-9-8-10-12-14-16-19-22-25(26)27/h9,11,25H,3-8,10,12-24,26-27H2,1-2H3/b11-9-. The fourth-order valence-corrected chi connectivity index (χ4v) is 3.73. The molecule has 0 atom stereocenters. The van der Waals surface area contributed by atoms with Crippen molar-refractivity contribution in [2.75, 3.05) is 19.6 Å². The first kappa shape index (κ1) is 27.6. The highest BCUT2D eigenvalue weighted by atomic mass is 15.1. The summed E-state index contributed by atoms with van der Waals surface area (Å²) in [5.74, 6) is 0. The summed E-state index contributed by atoms with van der Waals surface area (Å²) in [5.41, 5.74) is 11.1. The van der Waals surface area contributed by atoms with Crippen molar-refractivity contribution in [1.29, 1.82) is 0 Å². The van der Waals surface area contributed by atoms with E-state index in [9.17, 15) is 0 Å². The third-order valence-electron chi connectivity index (χ3n) is 5.70. The Labute approximate surface area is 177 Å². The van der Waals surface area contributed by atoms with Crippen molar-refractivity contribution in [3.05, 3.63) is 12.2 Å². The third kappa shape index (κ3) is 21.9. The molecule has 168 valence electrons. The van der Waals surface area contributed by atoms with Crippen molar-refractivity contribution < 1.29 is 0 Å². The van der Waals surface area contributed by atoms with Crippen LogP contribution < -0.4 is 11.5 Å². The van der Waals surface area contributed by atoms with Gasteiger partial charge in [-0.2, -0.15) is 0 Å². The van der Waals surface area contributed by atoms with E-state index in [0.29, 0.717) is 0 Å². The quantitative estimate of drug-likeness (QED) is 0.121. The molecular formula is C25H53N3. The van der Waals surface area contributed by atoms with E-state index in [2.05, 4.69) is 30.9 Å². The second kappa shape index (κ2) is 22.9. The van der Waals surface area contributed by atoms with Crippen molar-refractivity contribution >= 4 is 0 Å². The highest BCUT2D eigenvalue weighted by Gasteiger charge is 2.01. The molecule has 4 N–H and O–H groups in total. The van der Waals surface area contributed by atoms with Gasteiger partial charge in [-0.25, -0.2) is 0 Å². The van der Waals surface area contributed by atoms with E-state index < -0.39 is 0 Å². The fraction of sp³-hybridized carbons (Fsp3) is 0.920. The minimum Gasteiger partial charge on any atom is -0.316 e. The predicted octanol–water partition coefficient (Wildman–Crippen LogP) is 6.76. The van der Waals surface area contributed by atoms with Crippen LogP contribution in [0.2, 0.25) is 0 Å². The lowest BCUT2D eigenvalue weighted by Gasteiger charge is -2.20. The van der Waals surface area contributed by atoms with Crippen LogP contribution in [0.25, 0.3) is 0 Å². The summed E-state index contributed by atoms with van der Waals surface area (Å²) in [6.45, 7) is 8.42. The van der Waals surface area contributed by atoms with Crippen molar-refractivity contribution in [3.63, 3.8) is 0 Å². The largest absolute Gasteiger partial charge is 0.316 e. The smallest absolute Gasteiger partial charge is 0.0520 e. The molecule has 0 aliphatic heterocycles. The van der Waals surface area contributed by atoms with Gasteiger partial charge in [-0.05, 0) is 64.6 Å². The van der Waals surface area contributed by atoms with Gasteiger partial charge in [0.25, 0.3) is 0 Å². The molecular weight excluding hydrogens is 342 g/mol. The van der Waals surface area contributed by atoms with Gasteiger partial charge in [-0.3, -0.25) is 0 Å². The number of hydrogen-bond acceptors (Lipinski definition) is 3. The molecule has 0 heterocycles. The zero-order valence-corrected chi connectivity index (χ0v) is 19.5. The molecule has 28 heavy (non-hydrogen) atoms. The third-order valence-corrected chi connectivity index (χ3v) is 5.70. The number of nitrogens with zero attached hydrogens (tertiary/aromatic N) is 1. The highest BCUT2D eigenvalue weighted by molar-refractivity contribution is 4.81. The van der Waals surface area contributed by atoms with E-state index in [0.717, 1.165) is 6.42 Å². The Bertz CT molecular complexity index is 315. The van der Waals surface area contributed by atoms with Crippen LogP contribution in [-0.2, 0) is 0 Å². The number of rotatable bonds is 22. The fourth-order valence-electron chi connectivity index (χ4n) is 3.73. The summed E-state index contributed by atoms with van der Waals surface area (Å²) in [6, 6.07) is 0. The number of unbranched alkanes of at least 4 members (excludes halogenated alkanes) is 13. The van der Waals surface area contributed by atoms with Crippen molar-refractivity contribution in [2.45, 2.75) is 129 Å². The Kier molecular flexibility index (Phi) is 22.6. The minimum absolute atomic E-state index is 0.117. The zero-order valence-electron chi connectivity index (χ0n) is 19.5. The van der Waals surface area contributed by atoms with E-state index in [4.69, 9.17) is 11.5 Å². The van der Waals surface area contributed by atoms with Gasteiger partial charge in [0, 0.05) is 0 Å². The average molecular weight is 396 g/mol. The van der Waals surface area contributed by atoms with Crippen molar-refractivity contribution in [2.24, 2.45) is 11.5 Å².